The van der Waals surface area contributed by atoms with Crippen molar-refractivity contribution in [3.63, 3.8) is 0 Å². The highest BCUT2D eigenvalue weighted by atomic mass is 19.1. The number of hydrogen-bond donors (Lipinski definition) is 0. The predicted octanol–water partition coefficient (Wildman–Crippen LogP) is 6.76. The van der Waals surface area contributed by atoms with Crippen LogP contribution in [0.3, 0.4) is 0 Å². The molecule has 200 valence electrons. The van der Waals surface area contributed by atoms with Crippen LogP contribution in [0.4, 0.5) is 30.2 Å². The summed E-state index contributed by atoms with van der Waals surface area (Å²) in [5.74, 6) is -0.955. The summed E-state index contributed by atoms with van der Waals surface area (Å²) < 4.78 is 42.4. The number of nitrogens with zero attached hydrogens (tertiary/aromatic N) is 2. The normalized spacial score (nSPS) is 12.1. The van der Waals surface area contributed by atoms with Crippen LogP contribution in [0.2, 0.25) is 0 Å². The van der Waals surface area contributed by atoms with Gasteiger partial charge in [-0.05, 0) is 115 Å². The fourth-order valence-corrected chi connectivity index (χ4v) is 5.97. The third kappa shape index (κ3) is 5.12. The summed E-state index contributed by atoms with van der Waals surface area (Å²) in [6.45, 7) is 1.78. The third-order valence-corrected chi connectivity index (χ3v) is 7.85. The number of anilines is 3. The van der Waals surface area contributed by atoms with Crippen molar-refractivity contribution in [2.45, 2.75) is 26.2 Å². The van der Waals surface area contributed by atoms with Crippen molar-refractivity contribution < 1.29 is 13.2 Å². The lowest BCUT2D eigenvalue weighted by atomic mass is 9.33. The summed E-state index contributed by atoms with van der Waals surface area (Å²) in [5.41, 5.74) is 8.81. The van der Waals surface area contributed by atoms with Crippen molar-refractivity contribution in [3.05, 3.63) is 143 Å². The lowest BCUT2D eigenvalue weighted by Crippen LogP contribution is -2.59. The Morgan fingerprint density at radius 2 is 1.39 bits per heavy atom. The SMILES string of the molecule is Cc1ccccc1B1c2cc(F)ccc2N(c2ccc(F)cc2)c2cc(C#N)cc(CCCc3ccc(F)cc3)c21. The number of aryl methyl sites for hydroxylation is 3. The van der Waals surface area contributed by atoms with Gasteiger partial charge in [-0.3, -0.25) is 0 Å². The second kappa shape index (κ2) is 11.0. The smallest absolute Gasteiger partial charge is 0.247 e. The van der Waals surface area contributed by atoms with Crippen LogP contribution in [-0.4, -0.2) is 6.71 Å². The predicted molar refractivity (Wildman–Crippen MR) is 160 cm³/mol. The second-order valence-electron chi connectivity index (χ2n) is 10.5. The van der Waals surface area contributed by atoms with Crippen LogP contribution in [0, 0.1) is 35.7 Å². The van der Waals surface area contributed by atoms with E-state index in [1.54, 1.807) is 36.4 Å². The minimum atomic E-state index is -0.352. The molecule has 0 radical (unpaired) electrons. The Morgan fingerprint density at radius 1 is 0.707 bits per heavy atom. The largest absolute Gasteiger partial charge is 0.311 e. The molecule has 0 unspecified atom stereocenters. The summed E-state index contributed by atoms with van der Waals surface area (Å²) in [6, 6.07) is 31.8. The molecule has 2 nitrogen and oxygen atoms in total. The lowest BCUT2D eigenvalue weighted by Gasteiger charge is -2.38. The van der Waals surface area contributed by atoms with Crippen LogP contribution < -0.4 is 21.3 Å². The number of fused-ring (bicyclic) bond motifs is 2. The van der Waals surface area contributed by atoms with Crippen LogP contribution in [0.1, 0.15) is 28.7 Å². The molecule has 1 aliphatic rings. The number of hydrogen-bond acceptors (Lipinski definition) is 2. The van der Waals surface area contributed by atoms with E-state index in [9.17, 15) is 18.4 Å². The Morgan fingerprint density at radius 3 is 2.10 bits per heavy atom. The van der Waals surface area contributed by atoms with E-state index in [0.717, 1.165) is 63.0 Å². The fraction of sp³-hybridized carbons (Fsp3) is 0.114. The molecule has 0 aromatic heterocycles. The summed E-state index contributed by atoms with van der Waals surface area (Å²) in [4.78, 5) is 2.00. The molecular formula is C35H26BF3N2. The fourth-order valence-electron chi connectivity index (χ4n) is 5.97. The summed E-state index contributed by atoms with van der Waals surface area (Å²) in [6.07, 6.45) is 2.19. The maximum Gasteiger partial charge on any atom is 0.247 e. The third-order valence-electron chi connectivity index (χ3n) is 7.85. The molecule has 5 aromatic carbocycles. The zero-order valence-electron chi connectivity index (χ0n) is 22.5. The van der Waals surface area contributed by atoms with Gasteiger partial charge in [0.05, 0.1) is 11.6 Å². The van der Waals surface area contributed by atoms with Gasteiger partial charge in [-0.1, -0.05) is 47.4 Å². The van der Waals surface area contributed by atoms with E-state index in [1.165, 1.54) is 30.3 Å². The zero-order valence-corrected chi connectivity index (χ0v) is 22.5. The molecule has 0 spiro atoms. The molecule has 0 N–H and O–H groups in total. The molecule has 0 atom stereocenters. The van der Waals surface area contributed by atoms with Crippen molar-refractivity contribution in [3.8, 4) is 6.07 Å². The summed E-state index contributed by atoms with van der Waals surface area (Å²) in [5, 5.41) is 10.0. The number of benzene rings is 5. The molecular weight excluding hydrogens is 516 g/mol. The minimum Gasteiger partial charge on any atom is -0.311 e. The molecule has 5 aromatic rings. The second-order valence-corrected chi connectivity index (χ2v) is 10.5. The highest BCUT2D eigenvalue weighted by molar-refractivity contribution is 6.98. The topological polar surface area (TPSA) is 27.0 Å². The summed E-state index contributed by atoms with van der Waals surface area (Å²) >= 11 is 0. The Hall–Kier alpha value is -4.76. The Labute approximate surface area is 238 Å². The van der Waals surface area contributed by atoms with E-state index in [4.69, 9.17) is 0 Å². The molecule has 0 bridgehead atoms. The monoisotopic (exact) mass is 542 g/mol. The van der Waals surface area contributed by atoms with Gasteiger partial charge in [0.2, 0.25) is 6.71 Å². The Bertz CT molecular complexity index is 1780. The van der Waals surface area contributed by atoms with E-state index in [2.05, 4.69) is 25.1 Å². The van der Waals surface area contributed by atoms with Gasteiger partial charge in [-0.2, -0.15) is 5.26 Å². The molecule has 0 saturated heterocycles. The van der Waals surface area contributed by atoms with Crippen molar-refractivity contribution in [2.75, 3.05) is 4.90 Å². The van der Waals surface area contributed by atoms with E-state index in [0.29, 0.717) is 12.0 Å². The van der Waals surface area contributed by atoms with Gasteiger partial charge >= 0.3 is 0 Å². The van der Waals surface area contributed by atoms with Crippen molar-refractivity contribution in [2.24, 2.45) is 0 Å². The standard InChI is InChI=1S/C35H26BF3N2/c1-23-5-2-3-8-31(23)36-32-21-29(39)15-18-33(32)41(30-16-13-28(38)14-17-30)34-20-25(22-40)19-26(35(34)36)7-4-6-24-9-11-27(37)12-10-24/h2-3,5,8-21H,4,6-7H2,1H3. The van der Waals surface area contributed by atoms with Crippen LogP contribution in [-0.2, 0) is 12.8 Å². The van der Waals surface area contributed by atoms with Gasteiger partial charge in [0.25, 0.3) is 0 Å². The van der Waals surface area contributed by atoms with Gasteiger partial charge in [-0.25, -0.2) is 13.2 Å². The molecule has 0 aliphatic carbocycles. The quantitative estimate of drug-likeness (QED) is 0.218. The molecule has 1 heterocycles. The van der Waals surface area contributed by atoms with Gasteiger partial charge < -0.3 is 4.90 Å². The minimum absolute atomic E-state index is 0.266. The average Bonchev–Trinajstić information content (AvgIpc) is 2.98. The first kappa shape index (κ1) is 26.5. The first-order valence-electron chi connectivity index (χ1n) is 13.6. The lowest BCUT2D eigenvalue weighted by molar-refractivity contribution is 0.626. The first-order valence-corrected chi connectivity index (χ1v) is 13.6. The molecule has 6 heteroatoms. The maximum atomic E-state index is 14.9. The molecule has 41 heavy (non-hydrogen) atoms. The van der Waals surface area contributed by atoms with Crippen molar-refractivity contribution >= 4 is 40.2 Å². The highest BCUT2D eigenvalue weighted by Crippen LogP contribution is 2.37. The van der Waals surface area contributed by atoms with Crippen LogP contribution in [0.5, 0.6) is 0 Å². The Balaban J connectivity index is 1.57. The van der Waals surface area contributed by atoms with Crippen LogP contribution in [0.25, 0.3) is 0 Å². The molecule has 1 aliphatic heterocycles. The van der Waals surface area contributed by atoms with Crippen LogP contribution >= 0.6 is 0 Å². The first-order chi connectivity index (χ1) is 19.9. The van der Waals surface area contributed by atoms with E-state index in [1.807, 2.05) is 29.2 Å². The average molecular weight is 542 g/mol. The molecule has 6 rings (SSSR count). The molecule has 0 amide bonds. The van der Waals surface area contributed by atoms with Crippen molar-refractivity contribution in [1.82, 2.24) is 0 Å². The number of nitriles is 1. The van der Waals surface area contributed by atoms with Gasteiger partial charge in [0, 0.05) is 17.1 Å². The van der Waals surface area contributed by atoms with Gasteiger partial charge in [-0.15, -0.1) is 0 Å². The van der Waals surface area contributed by atoms with E-state index >= 15 is 0 Å². The Kier molecular flexibility index (Phi) is 7.11. The number of halogens is 3. The number of rotatable bonds is 6. The zero-order chi connectivity index (χ0) is 28.5. The van der Waals surface area contributed by atoms with E-state index < -0.39 is 0 Å². The van der Waals surface area contributed by atoms with Gasteiger partial charge in [0.15, 0.2) is 0 Å². The maximum absolute atomic E-state index is 14.9. The van der Waals surface area contributed by atoms with E-state index in [-0.39, 0.29) is 24.2 Å². The van der Waals surface area contributed by atoms with Crippen LogP contribution in [0.15, 0.2) is 103 Å². The highest BCUT2D eigenvalue weighted by Gasteiger charge is 2.38. The van der Waals surface area contributed by atoms with Crippen molar-refractivity contribution in [1.29, 1.82) is 5.26 Å². The van der Waals surface area contributed by atoms with Gasteiger partial charge in [0.1, 0.15) is 17.5 Å². The molecule has 0 fully saturated rings. The molecule has 0 saturated carbocycles. The summed E-state index contributed by atoms with van der Waals surface area (Å²) in [7, 11) is 0.